The van der Waals surface area contributed by atoms with Crippen molar-refractivity contribution in [2.24, 2.45) is 5.92 Å². The van der Waals surface area contributed by atoms with E-state index in [1.807, 2.05) is 13.8 Å². The molecule has 1 atom stereocenters. The van der Waals surface area contributed by atoms with Gasteiger partial charge < -0.3 is 10.1 Å². The van der Waals surface area contributed by atoms with E-state index < -0.39 is 28.1 Å². The summed E-state index contributed by atoms with van der Waals surface area (Å²) in [6.07, 6.45) is -0.0537. The lowest BCUT2D eigenvalue weighted by molar-refractivity contribution is -0.140. The van der Waals surface area contributed by atoms with Crippen molar-refractivity contribution >= 4 is 22.1 Å². The summed E-state index contributed by atoms with van der Waals surface area (Å²) in [6.45, 7) is 5.79. The zero-order valence-corrected chi connectivity index (χ0v) is 14.0. The molecule has 0 bridgehead atoms. The van der Waals surface area contributed by atoms with Crippen LogP contribution in [0.1, 0.15) is 27.2 Å². The van der Waals surface area contributed by atoms with Crippen LogP contribution >= 0.6 is 0 Å². The minimum Gasteiger partial charge on any atom is -0.469 e. The van der Waals surface area contributed by atoms with Gasteiger partial charge in [-0.05, 0) is 12.8 Å². The van der Waals surface area contributed by atoms with Crippen LogP contribution in [0.4, 0.5) is 0 Å². The highest BCUT2D eigenvalue weighted by Crippen LogP contribution is 1.99. The van der Waals surface area contributed by atoms with E-state index >= 15 is 0 Å². The van der Waals surface area contributed by atoms with Crippen LogP contribution in [0.25, 0.3) is 0 Å². The number of esters is 1. The van der Waals surface area contributed by atoms with Gasteiger partial charge in [0.1, 0.15) is 0 Å². The molecule has 124 valence electrons. The summed E-state index contributed by atoms with van der Waals surface area (Å²) in [4.78, 5) is 22.7. The maximum Gasteiger partial charge on any atom is 0.306 e. The molecule has 9 heteroatoms. The Bertz CT molecular complexity index is 450. The van der Waals surface area contributed by atoms with Gasteiger partial charge in [-0.25, -0.2) is 0 Å². The van der Waals surface area contributed by atoms with Crippen molar-refractivity contribution in [1.29, 1.82) is 0 Å². The number of hydrogen-bond acceptors (Lipinski definition) is 5. The van der Waals surface area contributed by atoms with E-state index in [9.17, 15) is 18.0 Å². The minimum atomic E-state index is -3.83. The van der Waals surface area contributed by atoms with Gasteiger partial charge in [0, 0.05) is 20.1 Å². The third-order valence-corrected chi connectivity index (χ3v) is 4.33. The quantitative estimate of drug-likeness (QED) is 0.555. The highest BCUT2D eigenvalue weighted by molar-refractivity contribution is 7.87. The molecule has 0 aromatic rings. The number of carbonyl (C=O) groups is 2. The molecule has 0 aliphatic rings. The number of amides is 1. The minimum absolute atomic E-state index is 0.0255. The van der Waals surface area contributed by atoms with E-state index in [4.69, 9.17) is 0 Å². The van der Waals surface area contributed by atoms with E-state index in [2.05, 4.69) is 14.8 Å². The first-order valence-electron chi connectivity index (χ1n) is 6.68. The highest BCUT2D eigenvalue weighted by Gasteiger charge is 2.24. The van der Waals surface area contributed by atoms with E-state index in [0.29, 0.717) is 6.54 Å². The standard InChI is InChI=1S/C12H25N3O5S/c1-9(2)8-13-12(17)10(3)14-21(18,19)15(4)7-6-11(16)20-5/h9-10,14H,6-8H2,1-5H3,(H,13,17). The molecule has 0 rings (SSSR count). The number of ether oxygens (including phenoxy) is 1. The Kier molecular flexibility index (Phi) is 8.45. The summed E-state index contributed by atoms with van der Waals surface area (Å²) in [5, 5.41) is 2.64. The molecular formula is C12H25N3O5S. The SMILES string of the molecule is COC(=O)CCN(C)S(=O)(=O)NC(C)C(=O)NCC(C)C. The first-order chi connectivity index (χ1) is 9.60. The number of hydrogen-bond donors (Lipinski definition) is 2. The molecule has 21 heavy (non-hydrogen) atoms. The Hall–Kier alpha value is -1.19. The van der Waals surface area contributed by atoms with Gasteiger partial charge in [-0.3, -0.25) is 9.59 Å². The van der Waals surface area contributed by atoms with Crippen molar-refractivity contribution in [1.82, 2.24) is 14.3 Å². The number of nitrogens with zero attached hydrogens (tertiary/aromatic N) is 1. The number of nitrogens with one attached hydrogen (secondary N) is 2. The monoisotopic (exact) mass is 323 g/mol. The summed E-state index contributed by atoms with van der Waals surface area (Å²) in [5.41, 5.74) is 0. The lowest BCUT2D eigenvalue weighted by Crippen LogP contribution is -2.49. The van der Waals surface area contributed by atoms with Gasteiger partial charge in [-0.2, -0.15) is 17.4 Å². The van der Waals surface area contributed by atoms with Gasteiger partial charge >= 0.3 is 5.97 Å². The fourth-order valence-corrected chi connectivity index (χ4v) is 2.36. The zero-order chi connectivity index (χ0) is 16.6. The van der Waals surface area contributed by atoms with Crippen LogP contribution in [0.5, 0.6) is 0 Å². The van der Waals surface area contributed by atoms with Gasteiger partial charge in [0.25, 0.3) is 10.2 Å². The Morgan fingerprint density at radius 2 is 1.81 bits per heavy atom. The second-order valence-corrected chi connectivity index (χ2v) is 6.94. The number of rotatable bonds is 9. The van der Waals surface area contributed by atoms with Gasteiger partial charge in [0.15, 0.2) is 0 Å². The topological polar surface area (TPSA) is 105 Å². The molecule has 1 amide bonds. The summed E-state index contributed by atoms with van der Waals surface area (Å²) in [5.74, 6) is -0.617. The van der Waals surface area contributed by atoms with Gasteiger partial charge in [0.2, 0.25) is 5.91 Å². The molecule has 1 unspecified atom stereocenters. The first-order valence-corrected chi connectivity index (χ1v) is 8.12. The third kappa shape index (κ3) is 7.98. The molecule has 8 nitrogen and oxygen atoms in total. The lowest BCUT2D eigenvalue weighted by atomic mass is 10.2. The summed E-state index contributed by atoms with van der Waals surface area (Å²) >= 11 is 0. The fourth-order valence-electron chi connectivity index (χ4n) is 1.30. The smallest absolute Gasteiger partial charge is 0.306 e. The van der Waals surface area contributed by atoms with Crippen molar-refractivity contribution < 1.29 is 22.7 Å². The lowest BCUT2D eigenvalue weighted by Gasteiger charge is -2.20. The van der Waals surface area contributed by atoms with E-state index in [0.717, 1.165) is 4.31 Å². The fraction of sp³-hybridized carbons (Fsp3) is 0.833. The Morgan fingerprint density at radius 3 is 2.29 bits per heavy atom. The van der Waals surface area contributed by atoms with Crippen molar-refractivity contribution in [2.75, 3.05) is 27.2 Å². The zero-order valence-electron chi connectivity index (χ0n) is 13.2. The first kappa shape index (κ1) is 19.8. The van der Waals surface area contributed by atoms with Crippen LogP contribution in [-0.2, 0) is 24.5 Å². The molecule has 0 aliphatic carbocycles. The molecule has 0 heterocycles. The Morgan fingerprint density at radius 1 is 1.24 bits per heavy atom. The molecule has 0 radical (unpaired) electrons. The molecule has 0 spiro atoms. The third-order valence-electron chi connectivity index (χ3n) is 2.67. The second kappa shape index (κ2) is 8.96. The number of carbonyl (C=O) groups excluding carboxylic acids is 2. The van der Waals surface area contributed by atoms with Gasteiger partial charge in [-0.1, -0.05) is 13.8 Å². The molecule has 0 fully saturated rings. The van der Waals surface area contributed by atoms with Crippen LogP contribution < -0.4 is 10.0 Å². The molecule has 0 aromatic carbocycles. The van der Waals surface area contributed by atoms with Gasteiger partial charge in [0.05, 0.1) is 19.6 Å². The number of methoxy groups -OCH3 is 1. The van der Waals surface area contributed by atoms with Crippen molar-refractivity contribution in [3.63, 3.8) is 0 Å². The molecule has 2 N–H and O–H groups in total. The molecule has 0 aromatic heterocycles. The Balaban J connectivity index is 4.44. The summed E-state index contributed by atoms with van der Waals surface area (Å²) in [7, 11) is -1.28. The normalized spacial score (nSPS) is 13.3. The average Bonchev–Trinajstić information content (AvgIpc) is 2.40. The average molecular weight is 323 g/mol. The predicted octanol–water partition coefficient (Wildman–Crippen LogP) is -0.524. The van der Waals surface area contributed by atoms with Crippen LogP contribution in [-0.4, -0.2) is 57.9 Å². The largest absolute Gasteiger partial charge is 0.469 e. The van der Waals surface area contributed by atoms with Gasteiger partial charge in [-0.15, -0.1) is 0 Å². The van der Waals surface area contributed by atoms with Crippen molar-refractivity contribution in [3.05, 3.63) is 0 Å². The highest BCUT2D eigenvalue weighted by atomic mass is 32.2. The van der Waals surface area contributed by atoms with E-state index in [1.54, 1.807) is 0 Å². The molecule has 0 saturated carbocycles. The van der Waals surface area contributed by atoms with Crippen LogP contribution in [0.3, 0.4) is 0 Å². The molecule has 0 aliphatic heterocycles. The summed E-state index contributed by atoms with van der Waals surface area (Å²) < 4.78 is 31.6. The van der Waals surface area contributed by atoms with Crippen LogP contribution in [0.2, 0.25) is 0 Å². The van der Waals surface area contributed by atoms with Crippen LogP contribution in [0, 0.1) is 5.92 Å². The summed E-state index contributed by atoms with van der Waals surface area (Å²) in [6, 6.07) is -0.894. The molecule has 0 saturated heterocycles. The van der Waals surface area contributed by atoms with Crippen molar-refractivity contribution in [3.8, 4) is 0 Å². The predicted molar refractivity (Wildman–Crippen MR) is 78.6 cm³/mol. The van der Waals surface area contributed by atoms with E-state index in [-0.39, 0.29) is 18.9 Å². The maximum atomic E-state index is 12.0. The Labute approximate surface area is 126 Å². The molecular weight excluding hydrogens is 298 g/mol. The maximum absolute atomic E-state index is 12.0. The van der Waals surface area contributed by atoms with E-state index in [1.165, 1.54) is 21.1 Å². The van der Waals surface area contributed by atoms with Crippen molar-refractivity contribution in [2.45, 2.75) is 33.2 Å². The second-order valence-electron chi connectivity index (χ2n) is 5.13. The van der Waals surface area contributed by atoms with Crippen LogP contribution in [0.15, 0.2) is 0 Å².